The van der Waals surface area contributed by atoms with Crippen molar-refractivity contribution < 1.29 is 35.7 Å². The molecule has 2 heterocycles. The molecule has 3 rings (SSSR count). The summed E-state index contributed by atoms with van der Waals surface area (Å²) in [5, 5.41) is 14.7. The summed E-state index contributed by atoms with van der Waals surface area (Å²) in [7, 11) is 0. The number of pyridine rings is 1. The van der Waals surface area contributed by atoms with Crippen molar-refractivity contribution >= 4 is 50.8 Å². The van der Waals surface area contributed by atoms with Gasteiger partial charge in [-0.3, -0.25) is 0 Å². The molecule has 0 fully saturated rings. The maximum atomic E-state index is 11.4. The van der Waals surface area contributed by atoms with Gasteiger partial charge in [0.25, 0.3) is 0 Å². The quantitative estimate of drug-likeness (QED) is 0.310. The number of amides is 1. The molecule has 1 unspecified atom stereocenters. The third-order valence-corrected chi connectivity index (χ3v) is 5.02. The van der Waals surface area contributed by atoms with Gasteiger partial charge in [0.1, 0.15) is 22.0 Å². The second kappa shape index (κ2) is 10.7. The molecule has 2 aromatic rings. The number of allylic oxidation sites excluding steroid dienone is 1. The average Bonchev–Trinajstić information content (AvgIpc) is 2.88. The molecule has 152 valence electrons. The smallest absolute Gasteiger partial charge is 0.407 e. The largest absolute Gasteiger partial charge is 0.506 e. The number of nitrogens with one attached hydrogen (secondary N) is 1. The number of alkyl carbamates (subject to hydrolysis) is 1. The van der Waals surface area contributed by atoms with E-state index in [1.165, 1.54) is 17.4 Å². The molecule has 1 amide bonds. The number of halogens is 2. The number of hydrogen-bond donors (Lipinski definition) is 2. The molecule has 0 saturated heterocycles. The first-order chi connectivity index (χ1) is 12.2. The van der Waals surface area contributed by atoms with Crippen molar-refractivity contribution in [3.8, 4) is 5.75 Å². The van der Waals surface area contributed by atoms with Gasteiger partial charge >= 0.3 is 6.09 Å². The van der Waals surface area contributed by atoms with Gasteiger partial charge in [-0.25, -0.2) is 9.78 Å². The van der Waals surface area contributed by atoms with Crippen LogP contribution in [0.25, 0.3) is 10.2 Å². The first-order valence-corrected chi connectivity index (χ1v) is 9.86. The van der Waals surface area contributed by atoms with Crippen LogP contribution in [0.15, 0.2) is 23.6 Å². The Bertz CT molecular complexity index is 806. The van der Waals surface area contributed by atoms with E-state index in [9.17, 15) is 9.90 Å². The van der Waals surface area contributed by atoms with Crippen LogP contribution in [-0.4, -0.2) is 27.8 Å². The Labute approximate surface area is 187 Å². The van der Waals surface area contributed by atoms with Crippen LogP contribution in [0.1, 0.15) is 40.0 Å². The fourth-order valence-corrected chi connectivity index (χ4v) is 3.63. The van der Waals surface area contributed by atoms with E-state index in [-0.39, 0.29) is 44.1 Å². The summed E-state index contributed by atoms with van der Waals surface area (Å²) in [4.78, 5) is 15.3. The molecule has 1 aliphatic rings. The number of ether oxygens (including phenoxy) is 1. The van der Waals surface area contributed by atoms with Gasteiger partial charge in [-0.05, 0) is 40.0 Å². The van der Waals surface area contributed by atoms with Crippen LogP contribution in [0, 0.1) is 0 Å². The van der Waals surface area contributed by atoms with Crippen molar-refractivity contribution in [3.05, 3.63) is 33.8 Å². The van der Waals surface area contributed by atoms with Crippen molar-refractivity contribution in [1.29, 1.82) is 0 Å². The number of aromatic hydroxyl groups is 1. The maximum Gasteiger partial charge on any atom is 0.407 e. The minimum atomic E-state index is -0.408. The minimum Gasteiger partial charge on any atom is -0.506 e. The Hall–Kier alpha value is -0.812. The normalized spacial score (nSPS) is 16.1. The number of aromatic nitrogens is 1. The van der Waals surface area contributed by atoms with Gasteiger partial charge in [-0.2, -0.15) is 0 Å². The van der Waals surface area contributed by atoms with E-state index in [1.54, 1.807) is 5.38 Å². The Kier molecular flexibility index (Phi) is 9.56. The first kappa shape index (κ1) is 24.2. The Morgan fingerprint density at radius 1 is 1.37 bits per heavy atom. The van der Waals surface area contributed by atoms with Crippen molar-refractivity contribution in [2.24, 2.45) is 0 Å². The van der Waals surface area contributed by atoms with Crippen molar-refractivity contribution in [2.45, 2.75) is 51.7 Å². The fourth-order valence-electron chi connectivity index (χ4n) is 2.33. The molecule has 0 spiro atoms. The zero-order valence-corrected chi connectivity index (χ0v) is 19.8. The summed E-state index contributed by atoms with van der Waals surface area (Å²) >= 11 is 12.8. The second-order valence-electron chi connectivity index (χ2n) is 6.85. The molecule has 0 aromatic carbocycles. The van der Waals surface area contributed by atoms with Crippen LogP contribution in [-0.2, 0) is 25.8 Å². The van der Waals surface area contributed by atoms with E-state index >= 15 is 0 Å². The van der Waals surface area contributed by atoms with Crippen molar-refractivity contribution in [1.82, 2.24) is 10.3 Å². The zero-order chi connectivity index (χ0) is 19.3. The maximum absolute atomic E-state index is 11.4. The molecule has 0 radical (unpaired) electrons. The number of thiophene rings is 1. The summed E-state index contributed by atoms with van der Waals surface area (Å²) < 4.78 is 5.84. The summed E-state index contributed by atoms with van der Waals surface area (Å²) in [6.45, 7) is 5.61. The standard InChI is InChI=1S/C11H19NO2.C7H3Cl2NOS.Pt/c1-11(2,3)14-10(13)12-9-7-5-4-6-8-9;8-3-2-12-7-4(11)1-5(9)10-6(3)7;/h4-5,9H,6-8H2,1-3H3,(H,12,13);1-2H,(H,10,11);. The Morgan fingerprint density at radius 3 is 2.67 bits per heavy atom. The molecule has 9 heteroatoms. The third-order valence-electron chi connectivity index (χ3n) is 3.42. The van der Waals surface area contributed by atoms with Gasteiger partial charge in [0, 0.05) is 38.6 Å². The molecule has 2 aromatic heterocycles. The molecule has 5 nitrogen and oxygen atoms in total. The SMILES string of the molecule is CC(C)(C)OC(=O)NC1CC=CCC1.Oc1cc(Cl)nc2c(Cl)csc12.[Pt]. The van der Waals surface area contributed by atoms with Crippen LogP contribution in [0.5, 0.6) is 5.75 Å². The molecule has 0 saturated carbocycles. The summed E-state index contributed by atoms with van der Waals surface area (Å²) in [5.41, 5.74) is 0.154. The van der Waals surface area contributed by atoms with Crippen LogP contribution < -0.4 is 5.32 Å². The van der Waals surface area contributed by atoms with Crippen LogP contribution >= 0.6 is 34.5 Å². The number of rotatable bonds is 1. The summed E-state index contributed by atoms with van der Waals surface area (Å²) in [6, 6.07) is 1.64. The van der Waals surface area contributed by atoms with Gasteiger partial charge in [0.15, 0.2) is 0 Å². The number of fused-ring (bicyclic) bond motifs is 1. The number of carbonyl (C=O) groups is 1. The second-order valence-corrected chi connectivity index (χ2v) is 8.53. The van der Waals surface area contributed by atoms with E-state index < -0.39 is 5.60 Å². The molecule has 1 atom stereocenters. The summed E-state index contributed by atoms with van der Waals surface area (Å²) in [5.74, 6) is 0.127. The zero-order valence-electron chi connectivity index (χ0n) is 15.2. The van der Waals surface area contributed by atoms with E-state index in [4.69, 9.17) is 27.9 Å². The van der Waals surface area contributed by atoms with Crippen LogP contribution in [0.3, 0.4) is 0 Å². The molecular formula is C18H22Cl2N2O3PtS. The molecule has 1 aliphatic carbocycles. The van der Waals surface area contributed by atoms with Gasteiger partial charge in [0.2, 0.25) is 0 Å². The molecular weight excluding hydrogens is 590 g/mol. The predicted octanol–water partition coefficient (Wildman–Crippen LogP) is 5.93. The molecule has 0 bridgehead atoms. The third kappa shape index (κ3) is 7.98. The molecule has 2 N–H and O–H groups in total. The van der Waals surface area contributed by atoms with Crippen LogP contribution in [0.2, 0.25) is 10.2 Å². The topological polar surface area (TPSA) is 71.5 Å². The average molecular weight is 612 g/mol. The van der Waals surface area contributed by atoms with Crippen molar-refractivity contribution in [2.75, 3.05) is 0 Å². The van der Waals surface area contributed by atoms with E-state index in [0.29, 0.717) is 15.2 Å². The monoisotopic (exact) mass is 611 g/mol. The Balaban J connectivity index is 0.000000262. The van der Waals surface area contributed by atoms with E-state index in [1.807, 2.05) is 20.8 Å². The van der Waals surface area contributed by atoms with Crippen molar-refractivity contribution in [3.63, 3.8) is 0 Å². The summed E-state index contributed by atoms with van der Waals surface area (Å²) in [6.07, 6.45) is 6.91. The van der Waals surface area contributed by atoms with Gasteiger partial charge in [-0.1, -0.05) is 35.4 Å². The van der Waals surface area contributed by atoms with E-state index in [0.717, 1.165) is 19.3 Å². The van der Waals surface area contributed by atoms with Gasteiger partial charge in [0.05, 0.1) is 9.72 Å². The van der Waals surface area contributed by atoms with Gasteiger partial charge < -0.3 is 15.2 Å². The van der Waals surface area contributed by atoms with E-state index in [2.05, 4.69) is 22.5 Å². The number of carbonyl (C=O) groups excluding carboxylic acids is 1. The minimum absolute atomic E-state index is 0. The first-order valence-electron chi connectivity index (χ1n) is 8.22. The van der Waals surface area contributed by atoms with Crippen LogP contribution in [0.4, 0.5) is 4.79 Å². The van der Waals surface area contributed by atoms with Gasteiger partial charge in [-0.15, -0.1) is 11.3 Å². The number of hydrogen-bond acceptors (Lipinski definition) is 5. The Morgan fingerprint density at radius 2 is 2.07 bits per heavy atom. The molecule has 0 aliphatic heterocycles. The molecule has 27 heavy (non-hydrogen) atoms. The fraction of sp³-hybridized carbons (Fsp3) is 0.444. The predicted molar refractivity (Wildman–Crippen MR) is 107 cm³/mol. The number of nitrogens with zero attached hydrogens (tertiary/aromatic N) is 1.